The molecule has 96 valence electrons. The number of nitriles is 1. The monoisotopic (exact) mass is 309 g/mol. The lowest BCUT2D eigenvalue weighted by Crippen LogP contribution is -2.01. The Labute approximate surface area is 127 Å². The van der Waals surface area contributed by atoms with E-state index in [1.807, 2.05) is 12.1 Å². The molecule has 2 rings (SSSR count). The van der Waals surface area contributed by atoms with Gasteiger partial charge in [-0.05, 0) is 41.8 Å². The molecule has 0 fully saturated rings. The molecule has 0 spiro atoms. The van der Waals surface area contributed by atoms with E-state index in [0.717, 1.165) is 11.1 Å². The minimum atomic E-state index is -0.297. The summed E-state index contributed by atoms with van der Waals surface area (Å²) in [5.41, 5.74) is 1.70. The Morgan fingerprint density at radius 1 is 0.947 bits per heavy atom. The van der Waals surface area contributed by atoms with Crippen molar-refractivity contribution in [2.75, 3.05) is 0 Å². The Balaban J connectivity index is 2.30. The Bertz CT molecular complexity index is 594. The van der Waals surface area contributed by atoms with Crippen LogP contribution in [0.5, 0.6) is 0 Å². The number of hydrogen-bond donors (Lipinski definition) is 0. The lowest BCUT2D eigenvalue weighted by atomic mass is 9.93. The molecule has 0 saturated heterocycles. The van der Waals surface area contributed by atoms with Crippen LogP contribution in [-0.4, -0.2) is 0 Å². The molecule has 2 aromatic rings. The molecule has 0 unspecified atom stereocenters. The van der Waals surface area contributed by atoms with Crippen LogP contribution >= 0.6 is 34.8 Å². The summed E-state index contributed by atoms with van der Waals surface area (Å²) in [6.07, 6.45) is 0.483. The van der Waals surface area contributed by atoms with Crippen molar-refractivity contribution >= 4 is 34.8 Å². The summed E-state index contributed by atoms with van der Waals surface area (Å²) in [6, 6.07) is 14.9. The zero-order chi connectivity index (χ0) is 13.8. The summed E-state index contributed by atoms with van der Waals surface area (Å²) in [7, 11) is 0. The third kappa shape index (κ3) is 3.42. The predicted molar refractivity (Wildman–Crippen MR) is 80.0 cm³/mol. The number of halogens is 3. The number of rotatable bonds is 3. The van der Waals surface area contributed by atoms with Crippen LogP contribution in [0.15, 0.2) is 42.5 Å². The van der Waals surface area contributed by atoms with Gasteiger partial charge >= 0.3 is 0 Å². The fraction of sp³-hybridized carbons (Fsp3) is 0.133. The van der Waals surface area contributed by atoms with Crippen molar-refractivity contribution in [3.8, 4) is 6.07 Å². The largest absolute Gasteiger partial charge is 0.198 e. The van der Waals surface area contributed by atoms with E-state index in [0.29, 0.717) is 21.5 Å². The highest BCUT2D eigenvalue weighted by molar-refractivity contribution is 6.36. The second-order valence-corrected chi connectivity index (χ2v) is 5.39. The van der Waals surface area contributed by atoms with E-state index in [9.17, 15) is 5.26 Å². The summed E-state index contributed by atoms with van der Waals surface area (Å²) in [5, 5.41) is 11.1. The first-order valence-corrected chi connectivity index (χ1v) is 6.83. The van der Waals surface area contributed by atoms with Crippen LogP contribution in [0.2, 0.25) is 15.1 Å². The molecular weight excluding hydrogens is 301 g/mol. The molecular formula is C15H10Cl3N. The highest BCUT2D eigenvalue weighted by Gasteiger charge is 2.15. The molecule has 1 nitrogen and oxygen atoms in total. The van der Waals surface area contributed by atoms with Gasteiger partial charge in [0.15, 0.2) is 0 Å². The van der Waals surface area contributed by atoms with Crippen molar-refractivity contribution in [2.45, 2.75) is 12.3 Å². The SMILES string of the molecule is N#C[C@H](Cc1c(Cl)cccc1Cl)c1ccc(Cl)cc1. The van der Waals surface area contributed by atoms with Crippen LogP contribution in [0.1, 0.15) is 17.0 Å². The molecule has 0 aromatic heterocycles. The summed E-state index contributed by atoms with van der Waals surface area (Å²) >= 11 is 18.1. The lowest BCUT2D eigenvalue weighted by Gasteiger charge is -2.12. The van der Waals surface area contributed by atoms with Crippen molar-refractivity contribution in [3.63, 3.8) is 0 Å². The van der Waals surface area contributed by atoms with Crippen molar-refractivity contribution in [2.24, 2.45) is 0 Å². The zero-order valence-electron chi connectivity index (χ0n) is 9.91. The smallest absolute Gasteiger partial charge is 0.0754 e. The average Bonchev–Trinajstić information content (AvgIpc) is 2.40. The van der Waals surface area contributed by atoms with Crippen molar-refractivity contribution in [3.05, 3.63) is 68.7 Å². The van der Waals surface area contributed by atoms with Gasteiger partial charge in [-0.3, -0.25) is 0 Å². The van der Waals surface area contributed by atoms with E-state index in [2.05, 4.69) is 6.07 Å². The second kappa shape index (κ2) is 6.30. The Kier molecular flexibility index (Phi) is 4.71. The van der Waals surface area contributed by atoms with Gasteiger partial charge in [-0.25, -0.2) is 0 Å². The molecule has 0 heterocycles. The van der Waals surface area contributed by atoms with Gasteiger partial charge in [-0.2, -0.15) is 5.26 Å². The number of hydrogen-bond acceptors (Lipinski definition) is 1. The highest BCUT2D eigenvalue weighted by Crippen LogP contribution is 2.30. The van der Waals surface area contributed by atoms with E-state index in [1.165, 1.54) is 0 Å². The molecule has 19 heavy (non-hydrogen) atoms. The maximum atomic E-state index is 9.32. The van der Waals surface area contributed by atoms with E-state index < -0.39 is 0 Å². The van der Waals surface area contributed by atoms with E-state index in [-0.39, 0.29) is 5.92 Å². The van der Waals surface area contributed by atoms with Gasteiger partial charge in [-0.1, -0.05) is 53.0 Å². The molecule has 1 atom stereocenters. The third-order valence-corrected chi connectivity index (χ3v) is 3.86. The normalized spacial score (nSPS) is 11.9. The zero-order valence-corrected chi connectivity index (χ0v) is 12.2. The molecule has 4 heteroatoms. The average molecular weight is 311 g/mol. The standard InChI is InChI=1S/C15H10Cl3N/c16-12-6-4-10(5-7-12)11(9-19)8-13-14(17)2-1-3-15(13)18/h1-7,11H,8H2/t11-/m0/s1. The van der Waals surface area contributed by atoms with Gasteiger partial charge in [0.1, 0.15) is 0 Å². The molecule has 0 radical (unpaired) electrons. The van der Waals surface area contributed by atoms with Gasteiger partial charge in [0.05, 0.1) is 12.0 Å². The molecule has 2 aromatic carbocycles. The predicted octanol–water partition coefficient (Wildman–Crippen LogP) is 5.50. The van der Waals surface area contributed by atoms with Gasteiger partial charge in [0.25, 0.3) is 0 Å². The summed E-state index contributed by atoms with van der Waals surface area (Å²) < 4.78 is 0. The fourth-order valence-corrected chi connectivity index (χ4v) is 2.54. The summed E-state index contributed by atoms with van der Waals surface area (Å²) in [5.74, 6) is -0.297. The van der Waals surface area contributed by atoms with Gasteiger partial charge < -0.3 is 0 Å². The van der Waals surface area contributed by atoms with Gasteiger partial charge in [-0.15, -0.1) is 0 Å². The molecule has 0 N–H and O–H groups in total. The van der Waals surface area contributed by atoms with Gasteiger partial charge in [0, 0.05) is 15.1 Å². The molecule has 0 aliphatic carbocycles. The Hall–Kier alpha value is -1.20. The minimum Gasteiger partial charge on any atom is -0.198 e. The maximum absolute atomic E-state index is 9.32. The van der Waals surface area contributed by atoms with Crippen molar-refractivity contribution < 1.29 is 0 Å². The highest BCUT2D eigenvalue weighted by atomic mass is 35.5. The minimum absolute atomic E-state index is 0.297. The van der Waals surface area contributed by atoms with Crippen molar-refractivity contribution in [1.29, 1.82) is 5.26 Å². The second-order valence-electron chi connectivity index (χ2n) is 4.14. The van der Waals surface area contributed by atoms with Crippen molar-refractivity contribution in [1.82, 2.24) is 0 Å². The van der Waals surface area contributed by atoms with Crippen LogP contribution in [0, 0.1) is 11.3 Å². The van der Waals surface area contributed by atoms with Crippen LogP contribution in [0.25, 0.3) is 0 Å². The first-order chi connectivity index (χ1) is 9.11. The quantitative estimate of drug-likeness (QED) is 0.734. The first-order valence-electron chi connectivity index (χ1n) is 5.70. The van der Waals surface area contributed by atoms with E-state index in [4.69, 9.17) is 34.8 Å². The van der Waals surface area contributed by atoms with Crippen LogP contribution < -0.4 is 0 Å². The fourth-order valence-electron chi connectivity index (χ4n) is 1.86. The summed E-state index contributed by atoms with van der Waals surface area (Å²) in [4.78, 5) is 0. The van der Waals surface area contributed by atoms with E-state index in [1.54, 1.807) is 30.3 Å². The Morgan fingerprint density at radius 2 is 1.53 bits per heavy atom. The van der Waals surface area contributed by atoms with Crippen LogP contribution in [0.4, 0.5) is 0 Å². The van der Waals surface area contributed by atoms with E-state index >= 15 is 0 Å². The molecule has 0 bridgehead atoms. The molecule has 0 saturated carbocycles. The Morgan fingerprint density at radius 3 is 2.05 bits per heavy atom. The first kappa shape index (κ1) is 14.2. The molecule has 0 aliphatic rings. The molecule has 0 amide bonds. The van der Waals surface area contributed by atoms with Crippen LogP contribution in [-0.2, 0) is 6.42 Å². The molecule has 0 aliphatic heterocycles. The number of benzene rings is 2. The van der Waals surface area contributed by atoms with Crippen LogP contribution in [0.3, 0.4) is 0 Å². The number of nitrogens with zero attached hydrogens (tertiary/aromatic N) is 1. The topological polar surface area (TPSA) is 23.8 Å². The summed E-state index contributed by atoms with van der Waals surface area (Å²) in [6.45, 7) is 0. The lowest BCUT2D eigenvalue weighted by molar-refractivity contribution is 0.849. The van der Waals surface area contributed by atoms with Gasteiger partial charge in [0.2, 0.25) is 0 Å². The maximum Gasteiger partial charge on any atom is 0.0754 e. The third-order valence-electron chi connectivity index (χ3n) is 2.90.